The van der Waals surface area contributed by atoms with E-state index >= 15 is 0 Å². The Morgan fingerprint density at radius 1 is 1.31 bits per heavy atom. The van der Waals surface area contributed by atoms with Crippen LogP contribution in [0.1, 0.15) is 33.7 Å². The summed E-state index contributed by atoms with van der Waals surface area (Å²) in [6, 6.07) is 7.83. The van der Waals surface area contributed by atoms with Crippen molar-refractivity contribution in [1.29, 1.82) is 0 Å². The van der Waals surface area contributed by atoms with E-state index in [2.05, 4.69) is 15.7 Å². The monoisotopic (exact) mass is 422 g/mol. The fourth-order valence-electron chi connectivity index (χ4n) is 3.28. The molecular formula is C19H17F3N4O2S. The Kier molecular flexibility index (Phi) is 4.95. The number of fused-ring (bicyclic) bond motifs is 1. The first-order chi connectivity index (χ1) is 13.9. The third-order valence-electron chi connectivity index (χ3n) is 4.72. The van der Waals surface area contributed by atoms with Crippen LogP contribution in [-0.2, 0) is 0 Å². The highest BCUT2D eigenvalue weighted by Gasteiger charge is 2.47. The lowest BCUT2D eigenvalue weighted by Gasteiger charge is -2.33. The number of hydrogen-bond donors (Lipinski definition) is 2. The van der Waals surface area contributed by atoms with E-state index in [0.29, 0.717) is 11.4 Å². The molecule has 1 aliphatic rings. The molecule has 0 radical (unpaired) electrons. The number of ether oxygens (including phenoxy) is 1. The molecule has 0 aliphatic carbocycles. The van der Waals surface area contributed by atoms with Crippen molar-refractivity contribution in [2.24, 2.45) is 0 Å². The van der Waals surface area contributed by atoms with E-state index in [1.54, 1.807) is 36.4 Å². The van der Waals surface area contributed by atoms with Crippen LogP contribution < -0.4 is 15.4 Å². The van der Waals surface area contributed by atoms with Gasteiger partial charge in [-0.2, -0.15) is 18.3 Å². The molecule has 0 saturated heterocycles. The molecule has 0 fully saturated rings. The standard InChI is InChI=1S/C19H17F3N4O2S/c1-28-12-6-4-11(5-7-12)24-18(27)13-10-23-26-16(19(20,21)22)9-14(25-17(13)26)15-3-2-8-29-15/h2-8,10,14,16,25H,9H2,1H3,(H,24,27)/t14-,16+/m0/s1. The van der Waals surface area contributed by atoms with Crippen molar-refractivity contribution in [2.75, 3.05) is 17.7 Å². The Morgan fingerprint density at radius 2 is 2.07 bits per heavy atom. The number of thiophene rings is 1. The zero-order valence-electron chi connectivity index (χ0n) is 15.2. The van der Waals surface area contributed by atoms with Crippen molar-refractivity contribution in [3.8, 4) is 5.75 Å². The topological polar surface area (TPSA) is 68.2 Å². The molecule has 29 heavy (non-hydrogen) atoms. The lowest BCUT2D eigenvalue weighted by Crippen LogP contribution is -2.36. The van der Waals surface area contributed by atoms with Crippen molar-refractivity contribution < 1.29 is 22.7 Å². The minimum Gasteiger partial charge on any atom is -0.497 e. The van der Waals surface area contributed by atoms with Crippen LogP contribution in [0, 0.1) is 0 Å². The third-order valence-corrected chi connectivity index (χ3v) is 5.70. The number of amides is 1. The summed E-state index contributed by atoms with van der Waals surface area (Å²) in [7, 11) is 1.53. The molecule has 10 heteroatoms. The minimum atomic E-state index is -4.48. The Bertz CT molecular complexity index is 1000. The summed E-state index contributed by atoms with van der Waals surface area (Å²) < 4.78 is 46.9. The first-order valence-electron chi connectivity index (χ1n) is 8.76. The van der Waals surface area contributed by atoms with Crippen molar-refractivity contribution in [3.63, 3.8) is 0 Å². The molecule has 2 atom stereocenters. The Hall–Kier alpha value is -3.01. The summed E-state index contributed by atoms with van der Waals surface area (Å²) in [6.07, 6.45) is -3.52. The van der Waals surface area contributed by atoms with Crippen LogP contribution in [0.2, 0.25) is 0 Å². The van der Waals surface area contributed by atoms with Crippen LogP contribution in [0.15, 0.2) is 48.0 Å². The minimum absolute atomic E-state index is 0.0522. The predicted octanol–water partition coefficient (Wildman–Crippen LogP) is 4.87. The molecule has 0 unspecified atom stereocenters. The van der Waals surface area contributed by atoms with E-state index in [9.17, 15) is 18.0 Å². The van der Waals surface area contributed by atoms with Crippen LogP contribution >= 0.6 is 11.3 Å². The number of alkyl halides is 3. The average Bonchev–Trinajstić information content (AvgIpc) is 3.37. The zero-order chi connectivity index (χ0) is 20.6. The van der Waals surface area contributed by atoms with Crippen molar-refractivity contribution >= 4 is 28.7 Å². The van der Waals surface area contributed by atoms with Crippen LogP contribution in [0.25, 0.3) is 0 Å². The summed E-state index contributed by atoms with van der Waals surface area (Å²) in [6.45, 7) is 0. The lowest BCUT2D eigenvalue weighted by atomic mass is 10.0. The largest absolute Gasteiger partial charge is 0.497 e. The van der Waals surface area contributed by atoms with E-state index in [1.165, 1.54) is 18.4 Å². The van der Waals surface area contributed by atoms with Gasteiger partial charge in [-0.25, -0.2) is 4.68 Å². The highest BCUT2D eigenvalue weighted by molar-refractivity contribution is 7.10. The van der Waals surface area contributed by atoms with Crippen LogP contribution in [0.5, 0.6) is 5.75 Å². The number of nitrogens with zero attached hydrogens (tertiary/aromatic N) is 2. The van der Waals surface area contributed by atoms with Crippen LogP contribution in [0.3, 0.4) is 0 Å². The first kappa shape index (κ1) is 19.3. The van der Waals surface area contributed by atoms with Crippen molar-refractivity contribution in [3.05, 3.63) is 58.4 Å². The molecular weight excluding hydrogens is 405 g/mol. The maximum Gasteiger partial charge on any atom is 0.410 e. The third kappa shape index (κ3) is 3.80. The van der Waals surface area contributed by atoms with E-state index < -0.39 is 24.2 Å². The molecule has 6 nitrogen and oxygen atoms in total. The molecule has 0 bridgehead atoms. The molecule has 0 spiro atoms. The van der Waals surface area contributed by atoms with Gasteiger partial charge in [-0.05, 0) is 35.7 Å². The summed E-state index contributed by atoms with van der Waals surface area (Å²) in [5, 5.41) is 11.4. The Morgan fingerprint density at radius 3 is 2.69 bits per heavy atom. The normalized spacial score (nSPS) is 18.6. The lowest BCUT2D eigenvalue weighted by molar-refractivity contribution is -0.173. The number of nitrogens with one attached hydrogen (secondary N) is 2. The van der Waals surface area contributed by atoms with Gasteiger partial charge in [-0.1, -0.05) is 6.07 Å². The Balaban J connectivity index is 1.64. The van der Waals surface area contributed by atoms with Gasteiger partial charge in [0.25, 0.3) is 5.91 Å². The van der Waals surface area contributed by atoms with Crippen LogP contribution in [0.4, 0.5) is 24.7 Å². The SMILES string of the molecule is COc1ccc(NC(=O)c2cnn3c2N[C@H](c2cccs2)C[C@@H]3C(F)(F)F)cc1. The molecule has 152 valence electrons. The summed E-state index contributed by atoms with van der Waals surface area (Å²) in [5.41, 5.74) is 0.546. The second-order valence-corrected chi connectivity index (χ2v) is 7.52. The van der Waals surface area contributed by atoms with E-state index in [4.69, 9.17) is 4.74 Å². The number of carbonyl (C=O) groups is 1. The van der Waals surface area contributed by atoms with Gasteiger partial charge < -0.3 is 15.4 Å². The average molecular weight is 422 g/mol. The van der Waals surface area contributed by atoms with E-state index in [1.807, 2.05) is 5.38 Å². The second kappa shape index (κ2) is 7.43. The first-order valence-corrected chi connectivity index (χ1v) is 9.64. The second-order valence-electron chi connectivity index (χ2n) is 6.54. The van der Waals surface area contributed by atoms with Gasteiger partial charge in [0.2, 0.25) is 0 Å². The van der Waals surface area contributed by atoms with Crippen molar-refractivity contribution in [2.45, 2.75) is 24.7 Å². The quantitative estimate of drug-likeness (QED) is 0.630. The highest BCUT2D eigenvalue weighted by atomic mass is 32.1. The number of benzene rings is 1. The number of aromatic nitrogens is 2. The molecule has 2 aromatic heterocycles. The molecule has 1 amide bonds. The van der Waals surface area contributed by atoms with Crippen molar-refractivity contribution in [1.82, 2.24) is 9.78 Å². The number of carbonyl (C=O) groups excluding carboxylic acids is 1. The molecule has 0 saturated carbocycles. The predicted molar refractivity (Wildman–Crippen MR) is 104 cm³/mol. The molecule has 3 heterocycles. The maximum atomic E-state index is 13.7. The summed E-state index contributed by atoms with van der Waals surface area (Å²) in [4.78, 5) is 13.5. The van der Waals surface area contributed by atoms with Gasteiger partial charge >= 0.3 is 6.18 Å². The molecule has 4 rings (SSSR count). The molecule has 3 aromatic rings. The number of methoxy groups -OCH3 is 1. The van der Waals surface area contributed by atoms with Gasteiger partial charge in [0.15, 0.2) is 6.04 Å². The number of hydrogen-bond acceptors (Lipinski definition) is 5. The number of anilines is 2. The van der Waals surface area contributed by atoms with E-state index in [0.717, 1.165) is 15.8 Å². The molecule has 1 aromatic carbocycles. The molecule has 1 aliphatic heterocycles. The van der Waals surface area contributed by atoms with Gasteiger partial charge in [-0.3, -0.25) is 4.79 Å². The summed E-state index contributed by atoms with van der Waals surface area (Å²) in [5.74, 6) is 0.138. The van der Waals surface area contributed by atoms with Gasteiger partial charge in [-0.15, -0.1) is 11.3 Å². The van der Waals surface area contributed by atoms with Gasteiger partial charge in [0, 0.05) is 17.0 Å². The molecule has 2 N–H and O–H groups in total. The number of rotatable bonds is 4. The smallest absolute Gasteiger partial charge is 0.410 e. The van der Waals surface area contributed by atoms with Gasteiger partial charge in [0.1, 0.15) is 17.1 Å². The van der Waals surface area contributed by atoms with Gasteiger partial charge in [0.05, 0.1) is 19.3 Å². The maximum absolute atomic E-state index is 13.7. The summed E-state index contributed by atoms with van der Waals surface area (Å²) >= 11 is 1.37. The highest BCUT2D eigenvalue weighted by Crippen LogP contribution is 2.45. The Labute approximate surface area is 168 Å². The number of halogens is 3. The fourth-order valence-corrected chi connectivity index (χ4v) is 4.07. The van der Waals surface area contributed by atoms with Crippen LogP contribution in [-0.4, -0.2) is 29.0 Å². The fraction of sp³-hybridized carbons (Fsp3) is 0.263. The zero-order valence-corrected chi connectivity index (χ0v) is 16.1. The van der Waals surface area contributed by atoms with E-state index in [-0.39, 0.29) is 17.8 Å².